The van der Waals surface area contributed by atoms with Gasteiger partial charge in [0.05, 0.1) is 0 Å². The molecule has 0 saturated carbocycles. The van der Waals surface area contributed by atoms with Crippen molar-refractivity contribution in [2.24, 2.45) is 5.73 Å². The van der Waals surface area contributed by atoms with Gasteiger partial charge < -0.3 is 10.8 Å². The zero-order chi connectivity index (χ0) is 19.5. The predicted octanol–water partition coefficient (Wildman–Crippen LogP) is 3.88. The summed E-state index contributed by atoms with van der Waals surface area (Å²) in [5.41, 5.74) is 9.24. The molecule has 3 N–H and O–H groups in total. The highest BCUT2D eigenvalue weighted by molar-refractivity contribution is 5.74. The lowest BCUT2D eigenvalue weighted by molar-refractivity contribution is -0.136. The minimum Gasteiger partial charge on any atom is -0.481 e. The van der Waals surface area contributed by atoms with Crippen LogP contribution < -0.4 is 5.73 Å². The van der Waals surface area contributed by atoms with Gasteiger partial charge in [0.25, 0.3) is 0 Å². The fourth-order valence-corrected chi connectivity index (χ4v) is 2.42. The lowest BCUT2D eigenvalue weighted by Crippen LogP contribution is -2.11. The molecule has 2 aromatic carbocycles. The Kier molecular flexibility index (Phi) is 9.06. The molecule has 0 radical (unpaired) electrons. The number of amides is 1. The van der Waals surface area contributed by atoms with Gasteiger partial charge in [-0.15, -0.1) is 0 Å². The topological polar surface area (TPSA) is 80.4 Å². The maximum atomic E-state index is 13.8. The van der Waals surface area contributed by atoms with Gasteiger partial charge in [-0.25, -0.2) is 4.39 Å². The summed E-state index contributed by atoms with van der Waals surface area (Å²) in [7, 11) is 0. The van der Waals surface area contributed by atoms with E-state index in [1.54, 1.807) is 19.1 Å². The van der Waals surface area contributed by atoms with Crippen LogP contribution in [0.3, 0.4) is 0 Å². The number of carbonyl (C=O) groups is 2. The molecular formula is C21H26FNO3. The van der Waals surface area contributed by atoms with Gasteiger partial charge in [-0.05, 0) is 41.2 Å². The number of hydrogen-bond acceptors (Lipinski definition) is 2. The summed E-state index contributed by atoms with van der Waals surface area (Å²) < 4.78 is 13.8. The smallest absolute Gasteiger partial charge is 0.303 e. The van der Waals surface area contributed by atoms with Crippen molar-refractivity contribution in [2.75, 3.05) is 0 Å². The number of carboxylic acids is 1. The summed E-state index contributed by atoms with van der Waals surface area (Å²) in [4.78, 5) is 20.3. The number of benzene rings is 2. The first-order valence-corrected chi connectivity index (χ1v) is 8.70. The molecule has 0 heterocycles. The largest absolute Gasteiger partial charge is 0.481 e. The highest BCUT2D eigenvalue weighted by Gasteiger charge is 2.06. The normalized spacial score (nSPS) is 9.96. The highest BCUT2D eigenvalue weighted by atomic mass is 19.1. The maximum absolute atomic E-state index is 13.8. The number of hydrogen-bond donors (Lipinski definition) is 2. The number of carbonyl (C=O) groups excluding carboxylic acids is 1. The molecule has 0 aliphatic carbocycles. The second-order valence-corrected chi connectivity index (χ2v) is 5.99. The Morgan fingerprint density at radius 3 is 2.15 bits per heavy atom. The first kappa shape index (κ1) is 21.4. The lowest BCUT2D eigenvalue weighted by atomic mass is 9.96. The van der Waals surface area contributed by atoms with Crippen LogP contribution in [0.5, 0.6) is 0 Å². The number of carboxylic acid groups (broad SMARTS) is 1. The van der Waals surface area contributed by atoms with E-state index in [1.807, 2.05) is 12.1 Å². The third-order valence-corrected chi connectivity index (χ3v) is 3.84. The second-order valence-electron chi connectivity index (χ2n) is 5.99. The molecule has 2 rings (SSSR count). The molecule has 0 unspecified atom stereocenters. The van der Waals surface area contributed by atoms with Crippen LogP contribution in [0.25, 0.3) is 0 Å². The fraction of sp³-hybridized carbons (Fsp3) is 0.333. The van der Waals surface area contributed by atoms with Gasteiger partial charge in [0, 0.05) is 19.3 Å². The van der Waals surface area contributed by atoms with Crippen molar-refractivity contribution in [1.29, 1.82) is 0 Å². The first-order chi connectivity index (χ1) is 12.3. The van der Waals surface area contributed by atoms with Gasteiger partial charge in [0.2, 0.25) is 5.91 Å². The second kappa shape index (κ2) is 11.0. The van der Waals surface area contributed by atoms with E-state index in [2.05, 4.69) is 19.1 Å². The zero-order valence-corrected chi connectivity index (χ0v) is 15.3. The van der Waals surface area contributed by atoms with Crippen LogP contribution in [-0.4, -0.2) is 17.0 Å². The summed E-state index contributed by atoms with van der Waals surface area (Å²) in [5.74, 6) is -1.23. The SMILES string of the molecule is CCC(=O)O.CCc1cc(CCC(N)=O)cc(Cc2ccccc2F)c1. The number of aryl methyl sites for hydroxylation is 2. The lowest BCUT2D eigenvalue weighted by Gasteiger charge is -2.09. The Morgan fingerprint density at radius 2 is 1.62 bits per heavy atom. The minimum absolute atomic E-state index is 0.182. The molecule has 0 aliphatic heterocycles. The molecule has 0 atom stereocenters. The number of nitrogens with two attached hydrogens (primary N) is 1. The van der Waals surface area contributed by atoms with Crippen molar-refractivity contribution < 1.29 is 19.1 Å². The highest BCUT2D eigenvalue weighted by Crippen LogP contribution is 2.18. The molecule has 1 amide bonds. The van der Waals surface area contributed by atoms with Crippen molar-refractivity contribution in [3.63, 3.8) is 0 Å². The zero-order valence-electron chi connectivity index (χ0n) is 15.3. The molecule has 0 aliphatic rings. The Balaban J connectivity index is 0.000000597. The van der Waals surface area contributed by atoms with E-state index in [0.717, 1.165) is 17.5 Å². The first-order valence-electron chi connectivity index (χ1n) is 8.70. The van der Waals surface area contributed by atoms with E-state index < -0.39 is 5.97 Å². The van der Waals surface area contributed by atoms with Crippen molar-refractivity contribution in [1.82, 2.24) is 0 Å². The molecule has 4 nitrogen and oxygen atoms in total. The van der Waals surface area contributed by atoms with E-state index in [4.69, 9.17) is 10.8 Å². The summed E-state index contributed by atoms with van der Waals surface area (Å²) >= 11 is 0. The van der Waals surface area contributed by atoms with Crippen LogP contribution in [0.1, 0.15) is 48.9 Å². The average molecular weight is 359 g/mol. The standard InChI is InChI=1S/C18H20FNO.C3H6O2/c1-2-13-9-14(7-8-18(20)21)11-15(10-13)12-16-5-3-4-6-17(16)19;1-2-3(4)5/h3-6,9-11H,2,7-8,12H2,1H3,(H2,20,21);2H2,1H3,(H,4,5). The molecule has 26 heavy (non-hydrogen) atoms. The van der Waals surface area contributed by atoms with E-state index >= 15 is 0 Å². The van der Waals surface area contributed by atoms with E-state index in [0.29, 0.717) is 24.8 Å². The van der Waals surface area contributed by atoms with Crippen molar-refractivity contribution in [3.8, 4) is 0 Å². The molecule has 2 aromatic rings. The van der Waals surface area contributed by atoms with Gasteiger partial charge in [0.15, 0.2) is 0 Å². The third kappa shape index (κ3) is 7.92. The molecule has 0 saturated heterocycles. The quantitative estimate of drug-likeness (QED) is 0.787. The molecule has 0 fully saturated rings. The molecular weight excluding hydrogens is 333 g/mol. The summed E-state index contributed by atoms with van der Waals surface area (Å²) in [6.45, 7) is 3.68. The molecule has 140 valence electrons. The summed E-state index contributed by atoms with van der Waals surface area (Å²) in [6, 6.07) is 13.0. The van der Waals surface area contributed by atoms with Crippen LogP contribution in [0.4, 0.5) is 4.39 Å². The monoisotopic (exact) mass is 359 g/mol. The van der Waals surface area contributed by atoms with E-state index in [9.17, 15) is 14.0 Å². The Morgan fingerprint density at radius 1 is 1.04 bits per heavy atom. The van der Waals surface area contributed by atoms with E-state index in [1.165, 1.54) is 11.6 Å². The Bertz CT molecular complexity index is 744. The summed E-state index contributed by atoms with van der Waals surface area (Å²) in [6.07, 6.45) is 2.67. The number of rotatable bonds is 7. The number of aliphatic carboxylic acids is 1. The van der Waals surface area contributed by atoms with Gasteiger partial charge in [-0.2, -0.15) is 0 Å². The van der Waals surface area contributed by atoms with Crippen LogP contribution >= 0.6 is 0 Å². The molecule has 5 heteroatoms. The van der Waals surface area contributed by atoms with Crippen LogP contribution in [0.2, 0.25) is 0 Å². The van der Waals surface area contributed by atoms with Crippen LogP contribution in [0.15, 0.2) is 42.5 Å². The van der Waals surface area contributed by atoms with Crippen LogP contribution in [0, 0.1) is 5.82 Å². The fourth-order valence-electron chi connectivity index (χ4n) is 2.42. The van der Waals surface area contributed by atoms with Crippen LogP contribution in [-0.2, 0) is 28.9 Å². The predicted molar refractivity (Wildman–Crippen MR) is 100 cm³/mol. The summed E-state index contributed by atoms with van der Waals surface area (Å²) in [5, 5.41) is 7.72. The molecule has 0 spiro atoms. The Labute approximate surface area is 153 Å². The Hall–Kier alpha value is -2.69. The number of primary amides is 1. The third-order valence-electron chi connectivity index (χ3n) is 3.84. The van der Waals surface area contributed by atoms with Gasteiger partial charge in [-0.3, -0.25) is 9.59 Å². The minimum atomic E-state index is -0.745. The van der Waals surface area contributed by atoms with Crippen molar-refractivity contribution in [3.05, 3.63) is 70.5 Å². The van der Waals surface area contributed by atoms with Gasteiger partial charge in [-0.1, -0.05) is 50.2 Å². The van der Waals surface area contributed by atoms with Crippen molar-refractivity contribution in [2.45, 2.75) is 46.0 Å². The van der Waals surface area contributed by atoms with Gasteiger partial charge >= 0.3 is 5.97 Å². The van der Waals surface area contributed by atoms with E-state index in [-0.39, 0.29) is 18.1 Å². The molecule has 0 bridgehead atoms. The maximum Gasteiger partial charge on any atom is 0.303 e. The van der Waals surface area contributed by atoms with Crippen molar-refractivity contribution >= 4 is 11.9 Å². The molecule has 0 aromatic heterocycles. The van der Waals surface area contributed by atoms with Gasteiger partial charge in [0.1, 0.15) is 5.82 Å². The average Bonchev–Trinajstić information content (AvgIpc) is 2.62. The number of halogens is 1.